The van der Waals surface area contributed by atoms with Crippen molar-refractivity contribution >= 4 is 23.2 Å². The summed E-state index contributed by atoms with van der Waals surface area (Å²) < 4.78 is 6.14. The minimum atomic E-state index is -0.569. The summed E-state index contributed by atoms with van der Waals surface area (Å²) in [6, 6.07) is 19.1. The molecule has 0 saturated heterocycles. The zero-order valence-corrected chi connectivity index (χ0v) is 20.0. The summed E-state index contributed by atoms with van der Waals surface area (Å²) in [5, 5.41) is 13.7. The van der Waals surface area contributed by atoms with Gasteiger partial charge in [-0.15, -0.1) is 0 Å². The normalized spacial score (nSPS) is 18.9. The van der Waals surface area contributed by atoms with Crippen molar-refractivity contribution in [2.24, 2.45) is 0 Å². The maximum atomic E-state index is 13.6. The van der Waals surface area contributed by atoms with E-state index in [-0.39, 0.29) is 23.5 Å². The number of aryl methyl sites for hydroxylation is 1. The second-order valence-corrected chi connectivity index (χ2v) is 9.17. The molecule has 1 aliphatic carbocycles. The number of rotatable bonds is 5. The lowest BCUT2D eigenvalue weighted by atomic mass is 9.86. The van der Waals surface area contributed by atoms with Crippen LogP contribution in [0.1, 0.15) is 59.3 Å². The number of hydrogen-bond acceptors (Lipinski definition) is 5. The smallest absolute Gasteiger partial charge is 0.269 e. The standard InChI is InChI=1S/C28H27N3O5/c1-2-25-28(33)30(24-9-5-7-18-6-3-4-8-23(18)24)17-20-16-21(12-15-26(20)36-25)29-27(32)19-10-13-22(14-11-19)31(34)35/h3-4,6,8,10-16,24-25H,2,5,7,9,17H2,1H3,(H,29,32). The van der Waals surface area contributed by atoms with Crippen LogP contribution < -0.4 is 10.1 Å². The lowest BCUT2D eigenvalue weighted by molar-refractivity contribution is -0.384. The van der Waals surface area contributed by atoms with Crippen LogP contribution in [0.4, 0.5) is 11.4 Å². The number of nitrogens with one attached hydrogen (secondary N) is 1. The van der Waals surface area contributed by atoms with E-state index in [1.807, 2.05) is 30.0 Å². The highest BCUT2D eigenvalue weighted by molar-refractivity contribution is 6.04. The molecule has 0 bridgehead atoms. The minimum absolute atomic E-state index is 0.0214. The molecule has 0 aromatic heterocycles. The summed E-state index contributed by atoms with van der Waals surface area (Å²) in [6.45, 7) is 2.32. The number of ether oxygens (including phenoxy) is 1. The fourth-order valence-corrected chi connectivity index (χ4v) is 5.06. The molecule has 8 heteroatoms. The van der Waals surface area contributed by atoms with Gasteiger partial charge in [0.25, 0.3) is 17.5 Å². The van der Waals surface area contributed by atoms with E-state index < -0.39 is 11.0 Å². The number of carbonyl (C=O) groups excluding carboxylic acids is 2. The van der Waals surface area contributed by atoms with Gasteiger partial charge in [0.15, 0.2) is 6.10 Å². The Kier molecular flexibility index (Phi) is 6.41. The summed E-state index contributed by atoms with van der Waals surface area (Å²) >= 11 is 0. The SMILES string of the molecule is CCC1Oc2ccc(NC(=O)c3ccc([N+](=O)[O-])cc3)cc2CN(C2CCCc3ccccc32)C1=O. The second kappa shape index (κ2) is 9.81. The Hall–Kier alpha value is -4.20. The molecular weight excluding hydrogens is 458 g/mol. The molecule has 8 nitrogen and oxygen atoms in total. The molecule has 36 heavy (non-hydrogen) atoms. The number of anilines is 1. The molecule has 5 rings (SSSR count). The van der Waals surface area contributed by atoms with E-state index in [2.05, 4.69) is 17.4 Å². The topological polar surface area (TPSA) is 102 Å². The quantitative estimate of drug-likeness (QED) is 0.384. The van der Waals surface area contributed by atoms with Crippen molar-refractivity contribution in [3.63, 3.8) is 0 Å². The lowest BCUT2D eigenvalue weighted by Gasteiger charge is -2.36. The third-order valence-corrected chi connectivity index (χ3v) is 6.91. The summed E-state index contributed by atoms with van der Waals surface area (Å²) in [6.07, 6.45) is 2.91. The largest absolute Gasteiger partial charge is 0.480 e. The molecule has 3 aromatic carbocycles. The molecule has 2 atom stereocenters. The maximum Gasteiger partial charge on any atom is 0.269 e. The molecule has 1 N–H and O–H groups in total. The Morgan fingerprint density at radius 2 is 1.89 bits per heavy atom. The average molecular weight is 486 g/mol. The fourth-order valence-electron chi connectivity index (χ4n) is 5.06. The molecule has 1 aliphatic heterocycles. The van der Waals surface area contributed by atoms with Crippen molar-refractivity contribution in [1.82, 2.24) is 4.90 Å². The van der Waals surface area contributed by atoms with Crippen molar-refractivity contribution in [1.29, 1.82) is 0 Å². The van der Waals surface area contributed by atoms with Gasteiger partial charge >= 0.3 is 0 Å². The first-order valence-corrected chi connectivity index (χ1v) is 12.2. The number of nitrogens with zero attached hydrogens (tertiary/aromatic N) is 2. The highest BCUT2D eigenvalue weighted by Gasteiger charge is 2.36. The first-order valence-electron chi connectivity index (χ1n) is 12.2. The van der Waals surface area contributed by atoms with Gasteiger partial charge in [0.2, 0.25) is 0 Å². The van der Waals surface area contributed by atoms with E-state index in [4.69, 9.17) is 4.74 Å². The van der Waals surface area contributed by atoms with E-state index in [0.717, 1.165) is 24.8 Å². The van der Waals surface area contributed by atoms with Crippen LogP contribution in [0.5, 0.6) is 5.75 Å². The van der Waals surface area contributed by atoms with Crippen LogP contribution in [-0.4, -0.2) is 27.7 Å². The van der Waals surface area contributed by atoms with Crippen LogP contribution in [-0.2, 0) is 17.8 Å². The number of benzene rings is 3. The Bertz CT molecular complexity index is 1320. The van der Waals surface area contributed by atoms with E-state index in [0.29, 0.717) is 30.0 Å². The molecule has 0 saturated carbocycles. The zero-order chi connectivity index (χ0) is 25.2. The Morgan fingerprint density at radius 1 is 1.11 bits per heavy atom. The summed E-state index contributed by atoms with van der Waals surface area (Å²) in [7, 11) is 0. The number of hydrogen-bond donors (Lipinski definition) is 1. The number of carbonyl (C=O) groups is 2. The Balaban J connectivity index is 1.43. The van der Waals surface area contributed by atoms with Crippen molar-refractivity contribution in [2.75, 3.05) is 5.32 Å². The number of nitro groups is 1. The van der Waals surface area contributed by atoms with Crippen LogP contribution in [0.2, 0.25) is 0 Å². The van der Waals surface area contributed by atoms with Gasteiger partial charge in [-0.05, 0) is 67.1 Å². The van der Waals surface area contributed by atoms with Crippen molar-refractivity contribution in [3.8, 4) is 5.75 Å². The zero-order valence-electron chi connectivity index (χ0n) is 20.0. The Morgan fingerprint density at radius 3 is 2.64 bits per heavy atom. The predicted molar refractivity (Wildman–Crippen MR) is 135 cm³/mol. The summed E-state index contributed by atoms with van der Waals surface area (Å²) in [5.41, 5.74) is 4.10. The monoisotopic (exact) mass is 485 g/mol. The Labute approximate surface area is 209 Å². The lowest BCUT2D eigenvalue weighted by Crippen LogP contribution is -2.42. The first-order chi connectivity index (χ1) is 17.4. The molecule has 2 amide bonds. The summed E-state index contributed by atoms with van der Waals surface area (Å²) in [4.78, 5) is 38.6. The molecule has 3 aromatic rings. The molecule has 1 heterocycles. The molecule has 0 fully saturated rings. The predicted octanol–water partition coefficient (Wildman–Crippen LogP) is 5.42. The van der Waals surface area contributed by atoms with Crippen molar-refractivity contribution < 1.29 is 19.2 Å². The van der Waals surface area contributed by atoms with Crippen molar-refractivity contribution in [3.05, 3.63) is 99.1 Å². The molecule has 2 unspecified atom stereocenters. The molecule has 0 radical (unpaired) electrons. The molecule has 2 aliphatic rings. The van der Waals surface area contributed by atoms with E-state index >= 15 is 0 Å². The average Bonchev–Trinajstić information content (AvgIpc) is 3.04. The van der Waals surface area contributed by atoms with Gasteiger partial charge in [-0.1, -0.05) is 31.2 Å². The van der Waals surface area contributed by atoms with Crippen molar-refractivity contribution in [2.45, 2.75) is 51.3 Å². The number of nitro benzene ring substituents is 1. The van der Waals surface area contributed by atoms with Crippen LogP contribution >= 0.6 is 0 Å². The number of fused-ring (bicyclic) bond motifs is 2. The van der Waals surface area contributed by atoms with Gasteiger partial charge in [-0.2, -0.15) is 0 Å². The second-order valence-electron chi connectivity index (χ2n) is 9.17. The van der Waals surface area contributed by atoms with E-state index in [1.54, 1.807) is 12.1 Å². The minimum Gasteiger partial charge on any atom is -0.480 e. The highest BCUT2D eigenvalue weighted by atomic mass is 16.6. The van der Waals surface area contributed by atoms with E-state index in [9.17, 15) is 19.7 Å². The number of non-ortho nitro benzene ring substituents is 1. The fraction of sp³-hybridized carbons (Fsp3) is 0.286. The van der Waals surface area contributed by atoms with E-state index in [1.165, 1.54) is 35.4 Å². The third-order valence-electron chi connectivity index (χ3n) is 6.91. The van der Waals surface area contributed by atoms with Gasteiger partial charge < -0.3 is 15.0 Å². The highest BCUT2D eigenvalue weighted by Crippen LogP contribution is 2.39. The summed E-state index contributed by atoms with van der Waals surface area (Å²) in [5.74, 6) is 0.238. The van der Waals surface area contributed by atoms with Crippen LogP contribution in [0.25, 0.3) is 0 Å². The van der Waals surface area contributed by atoms with Crippen LogP contribution in [0, 0.1) is 10.1 Å². The van der Waals surface area contributed by atoms with Crippen LogP contribution in [0.3, 0.4) is 0 Å². The molecule has 184 valence electrons. The van der Waals surface area contributed by atoms with Gasteiger partial charge in [0.1, 0.15) is 5.75 Å². The molecular formula is C28H27N3O5. The van der Waals surface area contributed by atoms with Gasteiger partial charge in [0, 0.05) is 28.9 Å². The van der Waals surface area contributed by atoms with Gasteiger partial charge in [0.05, 0.1) is 17.5 Å². The van der Waals surface area contributed by atoms with Crippen LogP contribution in [0.15, 0.2) is 66.7 Å². The third kappa shape index (κ3) is 4.54. The molecule has 0 spiro atoms. The van der Waals surface area contributed by atoms with Gasteiger partial charge in [-0.25, -0.2) is 0 Å². The number of amides is 2. The first kappa shape index (κ1) is 23.5. The maximum absolute atomic E-state index is 13.6. The van der Waals surface area contributed by atoms with Gasteiger partial charge in [-0.3, -0.25) is 19.7 Å².